The molecule has 3 nitrogen and oxygen atoms in total. The fraction of sp³-hybridized carbons (Fsp3) is 0.280. The Hall–Kier alpha value is -2.94. The van der Waals surface area contributed by atoms with Gasteiger partial charge in [-0.1, -0.05) is 53.6 Å². The van der Waals surface area contributed by atoms with Crippen LogP contribution in [0.15, 0.2) is 75.6 Å². The standard InChI is InChI=1S/C25H26N2O/c1-4-21-20-14-18(3)16-25(21,22-10-11-24(28)27-23(22)15-20)26-12-6-9-19-8-5-7-17(2)13-19/h4-14,20H,15-16H2,1-3H3,(H,27,28)/b9-6+,21-4+,26-12?. The number of pyridine rings is 1. The van der Waals surface area contributed by atoms with Crippen LogP contribution in [-0.4, -0.2) is 11.2 Å². The van der Waals surface area contributed by atoms with E-state index >= 15 is 0 Å². The van der Waals surface area contributed by atoms with Crippen molar-refractivity contribution in [1.82, 2.24) is 4.98 Å². The van der Waals surface area contributed by atoms with Gasteiger partial charge in [-0.2, -0.15) is 0 Å². The van der Waals surface area contributed by atoms with E-state index in [9.17, 15) is 4.79 Å². The van der Waals surface area contributed by atoms with Crippen LogP contribution in [0.4, 0.5) is 0 Å². The molecule has 0 saturated carbocycles. The third kappa shape index (κ3) is 3.22. The Morgan fingerprint density at radius 1 is 1.21 bits per heavy atom. The molecule has 0 radical (unpaired) electrons. The molecule has 1 aromatic carbocycles. The van der Waals surface area contributed by atoms with Gasteiger partial charge < -0.3 is 4.98 Å². The molecule has 2 atom stereocenters. The van der Waals surface area contributed by atoms with Crippen molar-refractivity contribution in [3.8, 4) is 0 Å². The van der Waals surface area contributed by atoms with E-state index in [1.54, 1.807) is 6.07 Å². The van der Waals surface area contributed by atoms with Crippen LogP contribution in [0.2, 0.25) is 0 Å². The Morgan fingerprint density at radius 2 is 2.07 bits per heavy atom. The lowest BCUT2D eigenvalue weighted by molar-refractivity contribution is 0.413. The topological polar surface area (TPSA) is 45.2 Å². The maximum atomic E-state index is 11.9. The quantitative estimate of drug-likeness (QED) is 0.591. The minimum absolute atomic E-state index is 0.0417. The van der Waals surface area contributed by atoms with Crippen LogP contribution < -0.4 is 5.56 Å². The number of fused-ring (bicyclic) bond motifs is 4. The zero-order valence-electron chi connectivity index (χ0n) is 16.7. The minimum atomic E-state index is -0.424. The Morgan fingerprint density at radius 3 is 2.86 bits per heavy atom. The summed E-state index contributed by atoms with van der Waals surface area (Å²) >= 11 is 0. The number of H-pyrrole nitrogens is 1. The lowest BCUT2D eigenvalue weighted by Crippen LogP contribution is -2.40. The van der Waals surface area contributed by atoms with Crippen LogP contribution in [0.5, 0.6) is 0 Å². The summed E-state index contributed by atoms with van der Waals surface area (Å²) in [7, 11) is 0. The van der Waals surface area contributed by atoms with E-state index < -0.39 is 5.54 Å². The first-order valence-corrected chi connectivity index (χ1v) is 9.87. The van der Waals surface area contributed by atoms with Crippen molar-refractivity contribution in [3.63, 3.8) is 0 Å². The second-order valence-corrected chi connectivity index (χ2v) is 7.87. The number of aromatic amines is 1. The van der Waals surface area contributed by atoms with Gasteiger partial charge in [0.05, 0.1) is 0 Å². The summed E-state index contributed by atoms with van der Waals surface area (Å²) < 4.78 is 0. The first-order valence-electron chi connectivity index (χ1n) is 9.87. The summed E-state index contributed by atoms with van der Waals surface area (Å²) in [5, 5.41) is 0. The number of aromatic nitrogens is 1. The van der Waals surface area contributed by atoms with Crippen molar-refractivity contribution in [2.45, 2.75) is 39.2 Å². The molecule has 0 saturated heterocycles. The van der Waals surface area contributed by atoms with E-state index in [4.69, 9.17) is 4.99 Å². The normalized spacial score (nSPS) is 25.3. The highest BCUT2D eigenvalue weighted by atomic mass is 16.1. The van der Waals surface area contributed by atoms with Crippen molar-refractivity contribution < 1.29 is 0 Å². The van der Waals surface area contributed by atoms with Gasteiger partial charge in [0, 0.05) is 35.9 Å². The molecule has 0 fully saturated rings. The molecule has 3 heteroatoms. The summed E-state index contributed by atoms with van der Waals surface area (Å²) in [6, 6.07) is 12.0. The summed E-state index contributed by atoms with van der Waals surface area (Å²) in [5.41, 5.74) is 6.78. The van der Waals surface area contributed by atoms with Crippen LogP contribution in [0.3, 0.4) is 0 Å². The first-order chi connectivity index (χ1) is 13.5. The van der Waals surface area contributed by atoms with Gasteiger partial charge in [0.15, 0.2) is 0 Å². The van der Waals surface area contributed by atoms with E-state index in [2.05, 4.69) is 68.2 Å². The van der Waals surface area contributed by atoms with Gasteiger partial charge in [0.2, 0.25) is 5.56 Å². The highest BCUT2D eigenvalue weighted by Gasteiger charge is 2.46. The largest absolute Gasteiger partial charge is 0.326 e. The third-order valence-electron chi connectivity index (χ3n) is 5.79. The second-order valence-electron chi connectivity index (χ2n) is 7.87. The molecule has 2 bridgehead atoms. The number of benzene rings is 1. The first kappa shape index (κ1) is 18.4. The average molecular weight is 370 g/mol. The third-order valence-corrected chi connectivity index (χ3v) is 5.79. The van der Waals surface area contributed by atoms with Gasteiger partial charge in [-0.3, -0.25) is 9.79 Å². The highest BCUT2D eigenvalue weighted by Crippen LogP contribution is 2.51. The molecule has 0 spiro atoms. The molecule has 142 valence electrons. The molecule has 4 rings (SSSR count). The average Bonchev–Trinajstić information content (AvgIpc) is 2.64. The highest BCUT2D eigenvalue weighted by molar-refractivity contribution is 5.79. The maximum absolute atomic E-state index is 11.9. The van der Waals surface area contributed by atoms with E-state index in [1.165, 1.54) is 22.3 Å². The Kier molecular flexibility index (Phi) is 4.76. The Bertz CT molecular complexity index is 1080. The van der Waals surface area contributed by atoms with E-state index in [0.29, 0.717) is 5.92 Å². The van der Waals surface area contributed by atoms with Crippen molar-refractivity contribution in [2.75, 3.05) is 0 Å². The summed E-state index contributed by atoms with van der Waals surface area (Å²) in [6.45, 7) is 6.38. The van der Waals surface area contributed by atoms with Crippen LogP contribution in [-0.2, 0) is 12.0 Å². The van der Waals surface area contributed by atoms with E-state index in [1.807, 2.05) is 18.4 Å². The zero-order chi connectivity index (χ0) is 19.7. The molecule has 1 aromatic heterocycles. The number of aliphatic imine (C=N–C) groups is 1. The second kappa shape index (κ2) is 7.23. The predicted octanol–water partition coefficient (Wildman–Crippen LogP) is 5.13. The van der Waals surface area contributed by atoms with Gasteiger partial charge in [-0.15, -0.1) is 0 Å². The summed E-state index contributed by atoms with van der Waals surface area (Å²) in [4.78, 5) is 20.1. The van der Waals surface area contributed by atoms with E-state index in [-0.39, 0.29) is 5.56 Å². The maximum Gasteiger partial charge on any atom is 0.248 e. The monoisotopic (exact) mass is 370 g/mol. The Balaban J connectivity index is 1.77. The molecule has 1 N–H and O–H groups in total. The number of allylic oxidation sites excluding steroid dienone is 3. The molecular formula is C25H26N2O. The van der Waals surface area contributed by atoms with Crippen LogP contribution >= 0.6 is 0 Å². The van der Waals surface area contributed by atoms with Crippen molar-refractivity contribution in [3.05, 3.63) is 98.5 Å². The van der Waals surface area contributed by atoms with Crippen molar-refractivity contribution >= 4 is 12.3 Å². The van der Waals surface area contributed by atoms with Gasteiger partial charge >= 0.3 is 0 Å². The number of hydrogen-bond acceptors (Lipinski definition) is 2. The van der Waals surface area contributed by atoms with Crippen molar-refractivity contribution in [1.29, 1.82) is 0 Å². The van der Waals surface area contributed by atoms with Crippen LogP contribution in [0, 0.1) is 12.8 Å². The Labute approximate surface area is 166 Å². The lowest BCUT2D eigenvalue weighted by Gasteiger charge is -2.45. The smallest absolute Gasteiger partial charge is 0.248 e. The zero-order valence-corrected chi connectivity index (χ0v) is 16.7. The minimum Gasteiger partial charge on any atom is -0.326 e. The molecule has 2 aliphatic carbocycles. The molecule has 0 aliphatic heterocycles. The van der Waals surface area contributed by atoms with Gasteiger partial charge in [-0.25, -0.2) is 0 Å². The van der Waals surface area contributed by atoms with E-state index in [0.717, 1.165) is 24.1 Å². The molecule has 0 amide bonds. The van der Waals surface area contributed by atoms with Crippen LogP contribution in [0.25, 0.3) is 6.08 Å². The van der Waals surface area contributed by atoms with Gasteiger partial charge in [-0.05, 0) is 50.5 Å². The molecular weight excluding hydrogens is 344 g/mol. The van der Waals surface area contributed by atoms with Crippen LogP contribution in [0.1, 0.15) is 42.7 Å². The molecule has 28 heavy (non-hydrogen) atoms. The molecule has 2 aromatic rings. The SMILES string of the molecule is C/C=C1\C2C=C(C)CC1(N=C/C=C/c1cccc(C)c1)c1ccc(=O)[nH]c1C2. The summed E-state index contributed by atoms with van der Waals surface area (Å²) in [6.07, 6.45) is 12.2. The number of aryl methyl sites for hydroxylation is 1. The lowest BCUT2D eigenvalue weighted by atomic mass is 9.63. The number of nitrogens with zero attached hydrogens (tertiary/aromatic N) is 1. The molecule has 2 aliphatic rings. The number of nitrogens with one attached hydrogen (secondary N) is 1. The van der Waals surface area contributed by atoms with Crippen molar-refractivity contribution in [2.24, 2.45) is 10.9 Å². The molecule has 2 unspecified atom stereocenters. The fourth-order valence-electron chi connectivity index (χ4n) is 4.75. The van der Waals surface area contributed by atoms with Gasteiger partial charge in [0.25, 0.3) is 0 Å². The fourth-order valence-corrected chi connectivity index (χ4v) is 4.75. The molecule has 1 heterocycles. The summed E-state index contributed by atoms with van der Waals surface area (Å²) in [5.74, 6) is 0.294. The number of rotatable bonds is 3. The predicted molar refractivity (Wildman–Crippen MR) is 117 cm³/mol. The number of hydrogen-bond donors (Lipinski definition) is 1. The van der Waals surface area contributed by atoms with Gasteiger partial charge in [0.1, 0.15) is 5.54 Å².